The molecule has 1 amide bonds. The monoisotopic (exact) mass is 246 g/mol. The van der Waals surface area contributed by atoms with Crippen LogP contribution in [0.3, 0.4) is 0 Å². The van der Waals surface area contributed by atoms with E-state index in [-0.39, 0.29) is 29.4 Å². The standard InChI is InChI=1S/C10H18N2O3S/c1-8-10(13)12(4-3-11-8)6-9-2-5-16(14,15)7-9/h8-9,11H,2-7H2,1H3. The van der Waals surface area contributed by atoms with E-state index < -0.39 is 9.84 Å². The smallest absolute Gasteiger partial charge is 0.239 e. The van der Waals surface area contributed by atoms with Gasteiger partial charge in [-0.25, -0.2) is 8.42 Å². The van der Waals surface area contributed by atoms with E-state index in [9.17, 15) is 13.2 Å². The topological polar surface area (TPSA) is 66.5 Å². The molecule has 2 saturated heterocycles. The van der Waals surface area contributed by atoms with Crippen molar-refractivity contribution in [2.24, 2.45) is 5.92 Å². The summed E-state index contributed by atoms with van der Waals surface area (Å²) in [5.41, 5.74) is 0. The van der Waals surface area contributed by atoms with E-state index in [0.717, 1.165) is 6.54 Å². The number of hydrogen-bond acceptors (Lipinski definition) is 4. The largest absolute Gasteiger partial charge is 0.340 e. The first-order valence-electron chi connectivity index (χ1n) is 5.70. The average molecular weight is 246 g/mol. The van der Waals surface area contributed by atoms with Crippen LogP contribution in [0.15, 0.2) is 0 Å². The number of carbonyl (C=O) groups is 1. The molecule has 2 fully saturated rings. The van der Waals surface area contributed by atoms with Crippen LogP contribution in [-0.4, -0.2) is 56.4 Å². The lowest BCUT2D eigenvalue weighted by atomic mass is 10.1. The van der Waals surface area contributed by atoms with Gasteiger partial charge >= 0.3 is 0 Å². The Balaban J connectivity index is 1.92. The Bertz CT molecular complexity index is 380. The number of hydrogen-bond donors (Lipinski definition) is 1. The maximum atomic E-state index is 11.8. The Hall–Kier alpha value is -0.620. The minimum Gasteiger partial charge on any atom is -0.340 e. The highest BCUT2D eigenvalue weighted by molar-refractivity contribution is 7.91. The number of nitrogens with zero attached hydrogens (tertiary/aromatic N) is 1. The molecule has 16 heavy (non-hydrogen) atoms. The number of carbonyl (C=O) groups excluding carboxylic acids is 1. The molecule has 0 aromatic rings. The van der Waals surface area contributed by atoms with Gasteiger partial charge in [0.1, 0.15) is 0 Å². The van der Waals surface area contributed by atoms with Crippen LogP contribution in [0.4, 0.5) is 0 Å². The second-order valence-electron chi connectivity index (χ2n) is 4.73. The van der Waals surface area contributed by atoms with E-state index >= 15 is 0 Å². The third kappa shape index (κ3) is 2.55. The summed E-state index contributed by atoms with van der Waals surface area (Å²) < 4.78 is 22.6. The summed E-state index contributed by atoms with van der Waals surface area (Å²) in [4.78, 5) is 13.6. The van der Waals surface area contributed by atoms with Crippen LogP contribution in [0.25, 0.3) is 0 Å². The van der Waals surface area contributed by atoms with E-state index in [1.807, 2.05) is 6.92 Å². The average Bonchev–Trinajstić information content (AvgIpc) is 2.53. The SMILES string of the molecule is CC1NCCN(CC2CCS(=O)(=O)C2)C1=O. The third-order valence-corrected chi connectivity index (χ3v) is 5.16. The molecule has 2 aliphatic rings. The van der Waals surface area contributed by atoms with Crippen LogP contribution in [-0.2, 0) is 14.6 Å². The quantitative estimate of drug-likeness (QED) is 0.695. The first-order chi connectivity index (χ1) is 7.48. The molecule has 0 spiro atoms. The van der Waals surface area contributed by atoms with Crippen molar-refractivity contribution in [3.05, 3.63) is 0 Å². The maximum absolute atomic E-state index is 11.8. The van der Waals surface area contributed by atoms with Gasteiger partial charge in [-0.15, -0.1) is 0 Å². The van der Waals surface area contributed by atoms with E-state index in [1.54, 1.807) is 4.90 Å². The second kappa shape index (κ2) is 4.33. The molecular formula is C10H18N2O3S. The van der Waals surface area contributed by atoms with Crippen LogP contribution in [0.5, 0.6) is 0 Å². The minimum atomic E-state index is -2.83. The fourth-order valence-corrected chi connectivity index (χ4v) is 4.25. The van der Waals surface area contributed by atoms with Crippen molar-refractivity contribution in [1.29, 1.82) is 0 Å². The molecule has 0 aliphatic carbocycles. The molecule has 6 heteroatoms. The molecule has 0 aromatic heterocycles. The molecule has 92 valence electrons. The Morgan fingerprint density at radius 3 is 2.88 bits per heavy atom. The Morgan fingerprint density at radius 2 is 2.25 bits per heavy atom. The predicted octanol–water partition coefficient (Wildman–Crippen LogP) is -0.759. The summed E-state index contributed by atoms with van der Waals surface area (Å²) in [5.74, 6) is 0.765. The lowest BCUT2D eigenvalue weighted by Gasteiger charge is -2.33. The molecule has 2 heterocycles. The van der Waals surface area contributed by atoms with Crippen LogP contribution >= 0.6 is 0 Å². The van der Waals surface area contributed by atoms with Crippen LogP contribution in [0, 0.1) is 5.92 Å². The highest BCUT2D eigenvalue weighted by Gasteiger charge is 2.32. The van der Waals surface area contributed by atoms with E-state index in [2.05, 4.69) is 5.32 Å². The van der Waals surface area contributed by atoms with Crippen molar-refractivity contribution in [2.75, 3.05) is 31.1 Å². The fraction of sp³-hybridized carbons (Fsp3) is 0.900. The highest BCUT2D eigenvalue weighted by atomic mass is 32.2. The highest BCUT2D eigenvalue weighted by Crippen LogP contribution is 2.20. The van der Waals surface area contributed by atoms with Gasteiger partial charge in [-0.3, -0.25) is 4.79 Å². The summed E-state index contributed by atoms with van der Waals surface area (Å²) in [6.07, 6.45) is 0.702. The number of rotatable bonds is 2. The lowest BCUT2D eigenvalue weighted by molar-refractivity contribution is -0.135. The van der Waals surface area contributed by atoms with Gasteiger partial charge in [0.25, 0.3) is 0 Å². The first kappa shape index (κ1) is 11.9. The molecule has 2 atom stereocenters. The van der Waals surface area contributed by atoms with E-state index in [0.29, 0.717) is 19.5 Å². The normalized spacial score (nSPS) is 34.3. The molecule has 0 aromatic carbocycles. The molecule has 5 nitrogen and oxygen atoms in total. The van der Waals surface area contributed by atoms with Crippen molar-refractivity contribution < 1.29 is 13.2 Å². The van der Waals surface area contributed by atoms with Gasteiger partial charge in [0.15, 0.2) is 9.84 Å². The van der Waals surface area contributed by atoms with Gasteiger partial charge in [-0.1, -0.05) is 0 Å². The van der Waals surface area contributed by atoms with Gasteiger partial charge in [0, 0.05) is 19.6 Å². The van der Waals surface area contributed by atoms with Gasteiger partial charge in [-0.2, -0.15) is 0 Å². The molecule has 0 bridgehead atoms. The molecular weight excluding hydrogens is 228 g/mol. The predicted molar refractivity (Wildman–Crippen MR) is 60.8 cm³/mol. The van der Waals surface area contributed by atoms with E-state index in [1.165, 1.54) is 0 Å². The number of nitrogens with one attached hydrogen (secondary N) is 1. The molecule has 0 saturated carbocycles. The molecule has 2 aliphatic heterocycles. The van der Waals surface area contributed by atoms with Crippen molar-refractivity contribution >= 4 is 15.7 Å². The molecule has 1 N–H and O–H groups in total. The fourth-order valence-electron chi connectivity index (χ4n) is 2.40. The van der Waals surface area contributed by atoms with Gasteiger partial charge in [0.05, 0.1) is 17.5 Å². The summed E-state index contributed by atoms with van der Waals surface area (Å²) in [6, 6.07) is -0.133. The van der Waals surface area contributed by atoms with Crippen molar-refractivity contribution in [3.8, 4) is 0 Å². The number of piperazine rings is 1. The van der Waals surface area contributed by atoms with E-state index in [4.69, 9.17) is 0 Å². The van der Waals surface area contributed by atoms with Crippen molar-refractivity contribution in [3.63, 3.8) is 0 Å². The summed E-state index contributed by atoms with van der Waals surface area (Å²) >= 11 is 0. The Labute approximate surface area is 96.1 Å². The Morgan fingerprint density at radius 1 is 1.50 bits per heavy atom. The molecule has 2 rings (SSSR count). The summed E-state index contributed by atoms with van der Waals surface area (Å²) in [5, 5.41) is 3.09. The van der Waals surface area contributed by atoms with Crippen LogP contribution < -0.4 is 5.32 Å². The van der Waals surface area contributed by atoms with Gasteiger partial charge < -0.3 is 10.2 Å². The zero-order valence-electron chi connectivity index (χ0n) is 9.48. The van der Waals surface area contributed by atoms with Gasteiger partial charge in [-0.05, 0) is 19.3 Å². The second-order valence-corrected chi connectivity index (χ2v) is 6.96. The van der Waals surface area contributed by atoms with Crippen molar-refractivity contribution in [2.45, 2.75) is 19.4 Å². The Kier molecular flexibility index (Phi) is 3.21. The van der Waals surface area contributed by atoms with Crippen LogP contribution in [0.1, 0.15) is 13.3 Å². The zero-order chi connectivity index (χ0) is 11.8. The van der Waals surface area contributed by atoms with Crippen molar-refractivity contribution in [1.82, 2.24) is 10.2 Å². The van der Waals surface area contributed by atoms with Gasteiger partial charge in [0.2, 0.25) is 5.91 Å². The maximum Gasteiger partial charge on any atom is 0.239 e. The molecule has 0 radical (unpaired) electrons. The zero-order valence-corrected chi connectivity index (χ0v) is 10.3. The first-order valence-corrected chi connectivity index (χ1v) is 7.53. The lowest BCUT2D eigenvalue weighted by Crippen LogP contribution is -2.54. The summed E-state index contributed by atoms with van der Waals surface area (Å²) in [6.45, 7) is 3.94. The number of sulfone groups is 1. The van der Waals surface area contributed by atoms with Crippen LogP contribution in [0.2, 0.25) is 0 Å². The third-order valence-electron chi connectivity index (χ3n) is 3.32. The minimum absolute atomic E-state index is 0.0931. The number of amides is 1. The summed E-state index contributed by atoms with van der Waals surface area (Å²) in [7, 11) is -2.83. The molecule has 2 unspecified atom stereocenters.